The van der Waals surface area contributed by atoms with Crippen molar-refractivity contribution in [1.82, 2.24) is 14.9 Å². The lowest BCUT2D eigenvalue weighted by molar-refractivity contribution is -0.154. The number of benzene rings is 3. The van der Waals surface area contributed by atoms with E-state index in [1.54, 1.807) is 41.7 Å². The molecule has 15 heteroatoms. The smallest absolute Gasteiger partial charge is 0.497 e. The Bertz CT molecular complexity index is 1980. The Labute approximate surface area is 317 Å². The fourth-order valence-electron chi connectivity index (χ4n) is 6.41. The highest BCUT2D eigenvalue weighted by molar-refractivity contribution is 5.81. The molecule has 0 aliphatic carbocycles. The van der Waals surface area contributed by atoms with E-state index in [0.717, 1.165) is 21.3 Å². The van der Waals surface area contributed by atoms with E-state index in [1.165, 1.54) is 12.3 Å². The maximum atomic E-state index is 13.6. The molecule has 55 heavy (non-hydrogen) atoms. The quantitative estimate of drug-likeness (QED) is 0.0760. The molecule has 1 amide bonds. The molecule has 290 valence electrons. The van der Waals surface area contributed by atoms with E-state index in [4.69, 9.17) is 33.3 Å². The first-order chi connectivity index (χ1) is 26.3. The van der Waals surface area contributed by atoms with Gasteiger partial charge in [-0.2, -0.15) is 4.98 Å². The number of nitrogens with zero attached hydrogens (tertiary/aromatic N) is 2. The minimum Gasteiger partial charge on any atom is -0.497 e. The van der Waals surface area contributed by atoms with Gasteiger partial charge in [-0.05, 0) is 61.6 Å². The SMILES string of the molecule is COc1ccc(C(ONc2ccn([C@@H]3O[C@H](COC(=O)[C@@H](NC(=O)OC(C)(C)C)C(C)C)[C@H]4OC(=O)O[C@H]43)c(=O)n2)(c2ccccc2)c2ccccc2)cc1. The third-order valence-electron chi connectivity index (χ3n) is 9.00. The molecular formula is C40H44N4O11. The molecule has 15 nitrogen and oxygen atoms in total. The molecule has 3 aromatic carbocycles. The third kappa shape index (κ3) is 8.58. The summed E-state index contributed by atoms with van der Waals surface area (Å²) in [5.74, 6) is -0.342. The second-order valence-electron chi connectivity index (χ2n) is 14.3. The molecule has 0 unspecified atom stereocenters. The van der Waals surface area contributed by atoms with E-state index >= 15 is 0 Å². The Balaban J connectivity index is 1.21. The minimum absolute atomic E-state index is 0.0860. The van der Waals surface area contributed by atoms with Crippen molar-refractivity contribution >= 4 is 24.0 Å². The van der Waals surface area contributed by atoms with Crippen molar-refractivity contribution in [3.8, 4) is 5.75 Å². The summed E-state index contributed by atoms with van der Waals surface area (Å²) < 4.78 is 34.2. The molecule has 1 aromatic heterocycles. The lowest BCUT2D eigenvalue weighted by Gasteiger charge is -2.35. The second-order valence-corrected chi connectivity index (χ2v) is 14.3. The monoisotopic (exact) mass is 756 g/mol. The number of anilines is 1. The van der Waals surface area contributed by atoms with Gasteiger partial charge in [0.2, 0.25) is 0 Å². The van der Waals surface area contributed by atoms with Gasteiger partial charge in [-0.1, -0.05) is 86.6 Å². The Morgan fingerprint density at radius 3 is 2.02 bits per heavy atom. The molecule has 0 saturated carbocycles. The van der Waals surface area contributed by atoms with Crippen molar-refractivity contribution in [3.63, 3.8) is 0 Å². The zero-order valence-electron chi connectivity index (χ0n) is 31.3. The second kappa shape index (κ2) is 16.2. The maximum absolute atomic E-state index is 13.6. The zero-order valence-corrected chi connectivity index (χ0v) is 31.3. The fourth-order valence-corrected chi connectivity index (χ4v) is 6.41. The highest BCUT2D eigenvalue weighted by Crippen LogP contribution is 2.41. The van der Waals surface area contributed by atoms with Crippen LogP contribution in [0.3, 0.4) is 0 Å². The van der Waals surface area contributed by atoms with E-state index < -0.39 is 65.7 Å². The van der Waals surface area contributed by atoms with Crippen molar-refractivity contribution in [1.29, 1.82) is 0 Å². The maximum Gasteiger partial charge on any atom is 0.509 e. The number of ether oxygens (including phenoxy) is 6. The Kier molecular flexibility index (Phi) is 11.4. The number of methoxy groups -OCH3 is 1. The highest BCUT2D eigenvalue weighted by Gasteiger charge is 2.56. The number of alkyl carbamates (subject to hydrolysis) is 1. The van der Waals surface area contributed by atoms with Crippen LogP contribution in [0.5, 0.6) is 5.75 Å². The van der Waals surface area contributed by atoms with Gasteiger partial charge >= 0.3 is 23.9 Å². The van der Waals surface area contributed by atoms with Gasteiger partial charge < -0.3 is 33.7 Å². The van der Waals surface area contributed by atoms with E-state index in [2.05, 4.69) is 15.8 Å². The van der Waals surface area contributed by atoms with Crippen LogP contribution in [0.1, 0.15) is 57.5 Å². The lowest BCUT2D eigenvalue weighted by Crippen LogP contribution is -2.48. The molecule has 3 heterocycles. The van der Waals surface area contributed by atoms with Crippen LogP contribution in [-0.2, 0) is 38.9 Å². The molecule has 5 atom stereocenters. The number of hydrogen-bond donors (Lipinski definition) is 2. The number of nitrogens with one attached hydrogen (secondary N) is 2. The summed E-state index contributed by atoms with van der Waals surface area (Å²) in [6.45, 7) is 8.22. The van der Waals surface area contributed by atoms with Crippen molar-refractivity contribution in [2.75, 3.05) is 19.2 Å². The summed E-state index contributed by atoms with van der Waals surface area (Å²) in [6.07, 6.45) is -4.54. The molecule has 0 radical (unpaired) electrons. The lowest BCUT2D eigenvalue weighted by atomic mass is 9.80. The first-order valence-electron chi connectivity index (χ1n) is 17.8. The van der Waals surface area contributed by atoms with Gasteiger partial charge in [0.25, 0.3) is 0 Å². The molecule has 2 aliphatic rings. The summed E-state index contributed by atoms with van der Waals surface area (Å²) >= 11 is 0. The number of rotatable bonds is 13. The summed E-state index contributed by atoms with van der Waals surface area (Å²) in [5.41, 5.74) is 2.54. The molecule has 0 spiro atoms. The first kappa shape index (κ1) is 38.8. The van der Waals surface area contributed by atoms with Crippen molar-refractivity contribution in [3.05, 3.63) is 124 Å². The summed E-state index contributed by atoms with van der Waals surface area (Å²) in [7, 11) is 1.59. The van der Waals surface area contributed by atoms with Crippen LogP contribution in [0, 0.1) is 5.92 Å². The van der Waals surface area contributed by atoms with Gasteiger partial charge in [0.05, 0.1) is 7.11 Å². The summed E-state index contributed by atoms with van der Waals surface area (Å²) in [6, 6.07) is 27.2. The number of hydrogen-bond acceptors (Lipinski definition) is 13. The number of amides is 1. The van der Waals surface area contributed by atoms with Crippen molar-refractivity contribution in [2.24, 2.45) is 5.92 Å². The molecule has 2 fully saturated rings. The predicted octanol–water partition coefficient (Wildman–Crippen LogP) is 5.48. The van der Waals surface area contributed by atoms with Gasteiger partial charge in [0, 0.05) is 6.20 Å². The van der Waals surface area contributed by atoms with Crippen LogP contribution >= 0.6 is 0 Å². The molecule has 4 aromatic rings. The summed E-state index contributed by atoms with van der Waals surface area (Å²) in [5, 5.41) is 2.54. The third-order valence-corrected chi connectivity index (χ3v) is 9.00. The van der Waals surface area contributed by atoms with Crippen LogP contribution in [0.15, 0.2) is 102 Å². The highest BCUT2D eigenvalue weighted by atomic mass is 16.8. The number of carbonyl (C=O) groups is 3. The Morgan fingerprint density at radius 2 is 1.45 bits per heavy atom. The van der Waals surface area contributed by atoms with Crippen molar-refractivity contribution < 1.29 is 47.6 Å². The van der Waals surface area contributed by atoms with Crippen molar-refractivity contribution in [2.45, 2.75) is 76.4 Å². The van der Waals surface area contributed by atoms with Gasteiger partial charge in [-0.15, -0.1) is 0 Å². The van der Waals surface area contributed by atoms with Gasteiger partial charge in [0.15, 0.2) is 29.9 Å². The predicted molar refractivity (Wildman–Crippen MR) is 197 cm³/mol. The normalized spacial score (nSPS) is 19.8. The van der Waals surface area contributed by atoms with E-state index in [0.29, 0.717) is 5.75 Å². The number of aromatic nitrogens is 2. The van der Waals surface area contributed by atoms with E-state index in [1.807, 2.05) is 84.9 Å². The molecule has 2 saturated heterocycles. The van der Waals surface area contributed by atoms with E-state index in [9.17, 15) is 19.2 Å². The van der Waals surface area contributed by atoms with Crippen LogP contribution in [0.2, 0.25) is 0 Å². The van der Waals surface area contributed by atoms with Crippen LogP contribution in [0.4, 0.5) is 15.4 Å². The standard InChI is InChI=1S/C40H44N4O11/c1-24(2)31(42-37(47)54-39(3,4)5)35(45)50-23-29-32-33(53-38(48)52-32)34(51-29)44-22-21-30(41-36(44)46)43-55-40(25-13-9-7-10-14-25,26-15-11-8-12-16-26)27-17-19-28(49-6)20-18-27/h7-22,24,29,31-34H,23H2,1-6H3,(H,42,47)(H,41,43,46)/t29-,31+,32-,33-,34-/m1/s1. The Morgan fingerprint density at radius 1 is 0.855 bits per heavy atom. The summed E-state index contributed by atoms with van der Waals surface area (Å²) in [4.78, 5) is 62.1. The Hall–Kier alpha value is -5.93. The largest absolute Gasteiger partial charge is 0.509 e. The topological polar surface area (TPSA) is 175 Å². The van der Waals surface area contributed by atoms with Gasteiger partial charge in [-0.25, -0.2) is 24.7 Å². The van der Waals surface area contributed by atoms with Crippen LogP contribution in [-0.4, -0.2) is 71.4 Å². The zero-order chi connectivity index (χ0) is 39.3. The molecule has 6 rings (SSSR count). The van der Waals surface area contributed by atoms with Crippen LogP contribution in [0.25, 0.3) is 0 Å². The fraction of sp³-hybridized carbons (Fsp3) is 0.375. The van der Waals surface area contributed by atoms with Gasteiger partial charge in [-0.3, -0.25) is 9.40 Å². The van der Waals surface area contributed by atoms with Gasteiger partial charge in [0.1, 0.15) is 30.1 Å². The number of carbonyl (C=O) groups excluding carboxylic acids is 3. The number of fused-ring (bicyclic) bond motifs is 1. The van der Waals surface area contributed by atoms with E-state index in [-0.39, 0.29) is 18.3 Å². The average molecular weight is 757 g/mol. The molecular weight excluding hydrogens is 712 g/mol. The molecule has 2 aliphatic heterocycles. The average Bonchev–Trinajstić information content (AvgIpc) is 3.70. The minimum atomic E-state index is -1.20. The molecule has 2 N–H and O–H groups in total. The molecule has 0 bridgehead atoms. The first-order valence-corrected chi connectivity index (χ1v) is 17.8. The number of esters is 1. The van der Waals surface area contributed by atoms with Crippen LogP contribution < -0.4 is 21.2 Å².